The molecule has 1 N–H and O–H groups in total. The van der Waals surface area contributed by atoms with Crippen LogP contribution in [0.15, 0.2) is 72.8 Å². The van der Waals surface area contributed by atoms with E-state index in [9.17, 15) is 18.0 Å². The van der Waals surface area contributed by atoms with Gasteiger partial charge in [-0.3, -0.25) is 13.9 Å². The minimum absolute atomic E-state index is 0.0205. The molecule has 0 spiro atoms. The van der Waals surface area contributed by atoms with Crippen molar-refractivity contribution in [1.82, 2.24) is 10.2 Å². The fourth-order valence-electron chi connectivity index (χ4n) is 4.48. The van der Waals surface area contributed by atoms with Crippen molar-refractivity contribution in [3.63, 3.8) is 0 Å². The molecule has 2 atom stereocenters. The van der Waals surface area contributed by atoms with Gasteiger partial charge in [0, 0.05) is 29.1 Å². The van der Waals surface area contributed by atoms with Crippen LogP contribution in [0.4, 0.5) is 5.69 Å². The number of anilines is 1. The zero-order chi connectivity index (χ0) is 30.2. The van der Waals surface area contributed by atoms with Crippen LogP contribution in [-0.4, -0.2) is 50.0 Å². The fraction of sp³-hybridized carbons (Fsp3) is 0.355. The molecule has 3 rings (SSSR count). The van der Waals surface area contributed by atoms with Crippen LogP contribution in [0.3, 0.4) is 0 Å². The molecule has 0 fully saturated rings. The maximum absolute atomic E-state index is 14.2. The van der Waals surface area contributed by atoms with E-state index < -0.39 is 28.5 Å². The third-order valence-corrected chi connectivity index (χ3v) is 8.66. The van der Waals surface area contributed by atoms with Crippen molar-refractivity contribution in [2.45, 2.75) is 58.7 Å². The molecule has 2 amide bonds. The standard InChI is InChI=1S/C31H37Cl2N3O4S/c1-5-22(3)34-31(38)29(18-23-12-8-7-9-13-23)35(20-25-16-17-26(32)19-27(25)33)30(37)21-36(41(4,39)40)28-15-11-10-14-24(28)6-2/h7-17,19,22,29H,5-6,18,20-21H2,1-4H3,(H,34,38)/t22-,29+/m1/s1. The van der Waals surface area contributed by atoms with E-state index >= 15 is 0 Å². The van der Waals surface area contributed by atoms with Crippen molar-refractivity contribution in [2.24, 2.45) is 0 Å². The van der Waals surface area contributed by atoms with Crippen molar-refractivity contribution in [2.75, 3.05) is 17.1 Å². The Morgan fingerprint density at radius 3 is 2.20 bits per heavy atom. The molecule has 0 saturated carbocycles. The van der Waals surface area contributed by atoms with E-state index in [1.165, 1.54) is 4.90 Å². The number of nitrogens with zero attached hydrogens (tertiary/aromatic N) is 2. The van der Waals surface area contributed by atoms with Crippen LogP contribution in [0.25, 0.3) is 0 Å². The van der Waals surface area contributed by atoms with Gasteiger partial charge in [-0.25, -0.2) is 8.42 Å². The summed E-state index contributed by atoms with van der Waals surface area (Å²) in [6.45, 7) is 5.27. The monoisotopic (exact) mass is 617 g/mol. The molecule has 0 aliphatic carbocycles. The Morgan fingerprint density at radius 2 is 1.59 bits per heavy atom. The summed E-state index contributed by atoms with van der Waals surface area (Å²) in [7, 11) is -3.85. The van der Waals surface area contributed by atoms with Crippen LogP contribution in [-0.2, 0) is 39.0 Å². The molecule has 0 saturated heterocycles. The van der Waals surface area contributed by atoms with Gasteiger partial charge < -0.3 is 10.2 Å². The Balaban J connectivity index is 2.11. The van der Waals surface area contributed by atoms with Gasteiger partial charge in [0.05, 0.1) is 11.9 Å². The van der Waals surface area contributed by atoms with Gasteiger partial charge in [-0.2, -0.15) is 0 Å². The molecule has 0 unspecified atom stereocenters. The maximum atomic E-state index is 14.2. The van der Waals surface area contributed by atoms with E-state index in [2.05, 4.69) is 5.32 Å². The van der Waals surface area contributed by atoms with Crippen molar-refractivity contribution >= 4 is 50.7 Å². The van der Waals surface area contributed by atoms with E-state index in [1.54, 1.807) is 30.3 Å². The first kappa shape index (κ1) is 32.4. The van der Waals surface area contributed by atoms with Gasteiger partial charge in [-0.15, -0.1) is 0 Å². The van der Waals surface area contributed by atoms with Gasteiger partial charge in [-0.05, 0) is 54.7 Å². The lowest BCUT2D eigenvalue weighted by atomic mass is 10.0. The maximum Gasteiger partial charge on any atom is 0.244 e. The largest absolute Gasteiger partial charge is 0.352 e. The summed E-state index contributed by atoms with van der Waals surface area (Å²) in [5.74, 6) is -0.867. The number of nitrogens with one attached hydrogen (secondary N) is 1. The molecule has 0 radical (unpaired) electrons. The highest BCUT2D eigenvalue weighted by molar-refractivity contribution is 7.92. The second-order valence-electron chi connectivity index (χ2n) is 10.0. The zero-order valence-electron chi connectivity index (χ0n) is 23.8. The number of benzene rings is 3. The number of amides is 2. The first-order valence-corrected chi connectivity index (χ1v) is 16.2. The number of aryl methyl sites for hydroxylation is 1. The topological polar surface area (TPSA) is 86.8 Å². The van der Waals surface area contributed by atoms with Crippen molar-refractivity contribution in [3.05, 3.63) is 99.5 Å². The number of para-hydroxylation sites is 1. The highest BCUT2D eigenvalue weighted by Crippen LogP contribution is 2.27. The molecular weight excluding hydrogens is 581 g/mol. The fourth-order valence-corrected chi connectivity index (χ4v) is 5.82. The second kappa shape index (κ2) is 14.7. The first-order valence-electron chi connectivity index (χ1n) is 13.6. The lowest BCUT2D eigenvalue weighted by molar-refractivity contribution is -0.140. The third-order valence-electron chi connectivity index (χ3n) is 6.95. The first-order chi connectivity index (χ1) is 19.4. The van der Waals surface area contributed by atoms with Crippen molar-refractivity contribution in [3.8, 4) is 0 Å². The molecule has 41 heavy (non-hydrogen) atoms. The highest BCUT2D eigenvalue weighted by atomic mass is 35.5. The molecular formula is C31H37Cl2N3O4S. The van der Waals surface area contributed by atoms with E-state index in [-0.39, 0.29) is 24.9 Å². The van der Waals surface area contributed by atoms with Gasteiger partial charge in [-0.1, -0.05) is 91.6 Å². The van der Waals surface area contributed by atoms with Gasteiger partial charge in [0.1, 0.15) is 12.6 Å². The van der Waals surface area contributed by atoms with Gasteiger partial charge in [0.25, 0.3) is 0 Å². The summed E-state index contributed by atoms with van der Waals surface area (Å²) < 4.78 is 27.2. The Morgan fingerprint density at radius 1 is 0.927 bits per heavy atom. The Labute approximate surface area is 253 Å². The van der Waals surface area contributed by atoms with Gasteiger partial charge in [0.15, 0.2) is 0 Å². The molecule has 7 nitrogen and oxygen atoms in total. The summed E-state index contributed by atoms with van der Waals surface area (Å²) >= 11 is 12.6. The molecule has 0 aliphatic rings. The van der Waals surface area contributed by atoms with E-state index in [1.807, 2.05) is 63.2 Å². The van der Waals surface area contributed by atoms with Crippen LogP contribution in [0.1, 0.15) is 43.9 Å². The predicted octanol–water partition coefficient (Wildman–Crippen LogP) is 5.88. The lowest BCUT2D eigenvalue weighted by Gasteiger charge is -2.34. The average molecular weight is 619 g/mol. The average Bonchev–Trinajstić information content (AvgIpc) is 2.94. The number of hydrogen-bond donors (Lipinski definition) is 1. The minimum Gasteiger partial charge on any atom is -0.352 e. The Hall–Kier alpha value is -3.07. The summed E-state index contributed by atoms with van der Waals surface area (Å²) in [6, 6.07) is 20.4. The number of rotatable bonds is 13. The molecule has 0 heterocycles. The molecule has 0 bridgehead atoms. The third kappa shape index (κ3) is 8.96. The number of carbonyl (C=O) groups is 2. The predicted molar refractivity (Wildman–Crippen MR) is 167 cm³/mol. The van der Waals surface area contributed by atoms with Crippen LogP contribution in [0, 0.1) is 0 Å². The summed E-state index contributed by atoms with van der Waals surface area (Å²) in [4.78, 5) is 29.4. The van der Waals surface area contributed by atoms with E-state index in [0.29, 0.717) is 34.1 Å². The quantitative estimate of drug-likeness (QED) is 0.260. The van der Waals surface area contributed by atoms with E-state index in [0.717, 1.165) is 21.7 Å². The summed E-state index contributed by atoms with van der Waals surface area (Å²) in [5, 5.41) is 3.79. The summed E-state index contributed by atoms with van der Waals surface area (Å²) in [6.07, 6.45) is 2.58. The van der Waals surface area contributed by atoms with Gasteiger partial charge >= 0.3 is 0 Å². The molecule has 10 heteroatoms. The minimum atomic E-state index is -3.85. The number of hydrogen-bond acceptors (Lipinski definition) is 4. The normalized spacial score (nSPS) is 12.8. The van der Waals surface area contributed by atoms with E-state index in [4.69, 9.17) is 23.2 Å². The lowest BCUT2D eigenvalue weighted by Crippen LogP contribution is -2.54. The van der Waals surface area contributed by atoms with Gasteiger partial charge in [0.2, 0.25) is 21.8 Å². The van der Waals surface area contributed by atoms with Crippen molar-refractivity contribution in [1.29, 1.82) is 0 Å². The zero-order valence-corrected chi connectivity index (χ0v) is 26.1. The van der Waals surface area contributed by atoms with Crippen molar-refractivity contribution < 1.29 is 18.0 Å². The second-order valence-corrected chi connectivity index (χ2v) is 12.8. The molecule has 220 valence electrons. The molecule has 3 aromatic rings. The molecule has 0 aromatic heterocycles. The smallest absolute Gasteiger partial charge is 0.244 e. The number of carbonyl (C=O) groups excluding carboxylic acids is 2. The van der Waals surface area contributed by atoms with Crippen LogP contribution in [0.5, 0.6) is 0 Å². The SMILES string of the molecule is CCc1ccccc1N(CC(=O)N(Cc1ccc(Cl)cc1Cl)[C@@H](Cc1ccccc1)C(=O)N[C@H](C)CC)S(C)(=O)=O. The Kier molecular flexibility index (Phi) is 11.6. The number of halogens is 2. The van der Waals surface area contributed by atoms with Crippen LogP contribution < -0.4 is 9.62 Å². The summed E-state index contributed by atoms with van der Waals surface area (Å²) in [5.41, 5.74) is 2.65. The number of sulfonamides is 1. The van der Waals surface area contributed by atoms with Crippen LogP contribution >= 0.6 is 23.2 Å². The van der Waals surface area contributed by atoms with Crippen LogP contribution in [0.2, 0.25) is 10.0 Å². The molecule has 3 aromatic carbocycles. The highest BCUT2D eigenvalue weighted by Gasteiger charge is 2.34. The Bertz CT molecular complexity index is 1450. The molecule has 0 aliphatic heterocycles.